The van der Waals surface area contributed by atoms with Gasteiger partial charge in [0, 0.05) is 12.8 Å². The third-order valence-electron chi connectivity index (χ3n) is 3.39. The number of primary amides is 1. The van der Waals surface area contributed by atoms with Gasteiger partial charge in [-0.25, -0.2) is 0 Å². The fourth-order valence-corrected chi connectivity index (χ4v) is 2.53. The molecule has 1 amide bonds. The molecular formula is C13H25NO3. The maximum Gasteiger partial charge on any atom is 0.300 e. The van der Waals surface area contributed by atoms with Gasteiger partial charge in [0.25, 0.3) is 5.97 Å². The molecule has 3 atom stereocenters. The van der Waals surface area contributed by atoms with E-state index in [9.17, 15) is 4.79 Å². The van der Waals surface area contributed by atoms with Crippen molar-refractivity contribution in [3.8, 4) is 0 Å². The van der Waals surface area contributed by atoms with Crippen LogP contribution < -0.4 is 5.73 Å². The molecule has 0 saturated heterocycles. The first-order valence-electron chi connectivity index (χ1n) is 6.24. The minimum absolute atomic E-state index is 0.0924. The Balaban J connectivity index is 0.000000557. The van der Waals surface area contributed by atoms with Crippen LogP contribution in [0.4, 0.5) is 0 Å². The van der Waals surface area contributed by atoms with E-state index in [4.69, 9.17) is 15.6 Å². The number of carbonyl (C=O) groups is 2. The van der Waals surface area contributed by atoms with Crippen LogP contribution in [0.15, 0.2) is 0 Å². The Kier molecular flexibility index (Phi) is 6.85. The van der Waals surface area contributed by atoms with Gasteiger partial charge in [0.05, 0.1) is 0 Å². The summed E-state index contributed by atoms with van der Waals surface area (Å²) >= 11 is 0. The van der Waals surface area contributed by atoms with Crippen molar-refractivity contribution in [1.82, 2.24) is 0 Å². The molecule has 1 fully saturated rings. The maximum absolute atomic E-state index is 11.2. The lowest BCUT2D eigenvalue weighted by molar-refractivity contribution is -0.134. The largest absolute Gasteiger partial charge is 0.481 e. The zero-order valence-electron chi connectivity index (χ0n) is 11.3. The Morgan fingerprint density at radius 3 is 2.12 bits per heavy atom. The molecule has 0 radical (unpaired) electrons. The minimum Gasteiger partial charge on any atom is -0.481 e. The number of hydrogen-bond acceptors (Lipinski definition) is 2. The van der Waals surface area contributed by atoms with E-state index in [1.807, 2.05) is 0 Å². The van der Waals surface area contributed by atoms with Gasteiger partial charge in [0.1, 0.15) is 0 Å². The number of hydrogen-bond donors (Lipinski definition) is 2. The predicted molar refractivity (Wildman–Crippen MR) is 67.3 cm³/mol. The first kappa shape index (κ1) is 15.9. The van der Waals surface area contributed by atoms with Crippen LogP contribution in [0.1, 0.15) is 47.0 Å². The van der Waals surface area contributed by atoms with Crippen LogP contribution in [-0.2, 0) is 9.59 Å². The fraction of sp³-hybridized carbons (Fsp3) is 0.846. The van der Waals surface area contributed by atoms with Gasteiger partial charge in [-0.1, -0.05) is 27.2 Å². The molecule has 0 spiro atoms. The third kappa shape index (κ3) is 6.29. The zero-order chi connectivity index (χ0) is 13.6. The second-order valence-electron chi connectivity index (χ2n) is 5.35. The lowest BCUT2D eigenvalue weighted by Gasteiger charge is -2.35. The van der Waals surface area contributed by atoms with Crippen LogP contribution >= 0.6 is 0 Å². The molecule has 1 rings (SSSR count). The summed E-state index contributed by atoms with van der Waals surface area (Å²) in [7, 11) is 0. The van der Waals surface area contributed by atoms with Crippen molar-refractivity contribution in [1.29, 1.82) is 0 Å². The molecule has 0 aromatic rings. The van der Waals surface area contributed by atoms with Gasteiger partial charge >= 0.3 is 0 Å². The summed E-state index contributed by atoms with van der Waals surface area (Å²) in [5, 5.41) is 7.42. The molecule has 3 unspecified atom stereocenters. The highest BCUT2D eigenvalue weighted by molar-refractivity contribution is 5.77. The van der Waals surface area contributed by atoms with Gasteiger partial charge < -0.3 is 10.8 Å². The summed E-state index contributed by atoms with van der Waals surface area (Å²) in [5.74, 6) is 0.986. The van der Waals surface area contributed by atoms with Crippen molar-refractivity contribution in [2.75, 3.05) is 0 Å². The minimum atomic E-state index is -0.833. The quantitative estimate of drug-likeness (QED) is 0.780. The second kappa shape index (κ2) is 7.30. The molecule has 1 aliphatic carbocycles. The average Bonchev–Trinajstić information content (AvgIpc) is 2.15. The Morgan fingerprint density at radius 2 is 1.76 bits per heavy atom. The smallest absolute Gasteiger partial charge is 0.300 e. The first-order chi connectivity index (χ1) is 7.75. The van der Waals surface area contributed by atoms with Gasteiger partial charge in [0.15, 0.2) is 0 Å². The van der Waals surface area contributed by atoms with Crippen molar-refractivity contribution < 1.29 is 14.7 Å². The van der Waals surface area contributed by atoms with E-state index in [1.54, 1.807) is 0 Å². The standard InChI is InChI=1S/C11H21NO.C2H4O2/c1-7(2)9-5-4-8(3)6-10(9)11(12)13;1-2(3)4/h7-10H,4-6H2,1-3H3,(H2,12,13);1H3,(H,3,4). The number of rotatable bonds is 2. The molecule has 0 heterocycles. The summed E-state index contributed by atoms with van der Waals surface area (Å²) in [4.78, 5) is 20.2. The summed E-state index contributed by atoms with van der Waals surface area (Å²) in [6.45, 7) is 7.68. The lowest BCUT2D eigenvalue weighted by atomic mass is 9.70. The normalized spacial score (nSPS) is 28.2. The Bertz CT molecular complexity index is 259. The van der Waals surface area contributed by atoms with Crippen LogP contribution in [0.25, 0.3) is 0 Å². The van der Waals surface area contributed by atoms with Gasteiger partial charge in [0.2, 0.25) is 5.91 Å². The van der Waals surface area contributed by atoms with Crippen molar-refractivity contribution in [3.05, 3.63) is 0 Å². The van der Waals surface area contributed by atoms with Gasteiger partial charge in [-0.05, 0) is 30.6 Å². The van der Waals surface area contributed by atoms with Crippen LogP contribution in [0, 0.1) is 23.7 Å². The molecule has 4 nitrogen and oxygen atoms in total. The lowest BCUT2D eigenvalue weighted by Crippen LogP contribution is -2.37. The molecule has 1 saturated carbocycles. The van der Waals surface area contributed by atoms with Gasteiger partial charge in [-0.3, -0.25) is 9.59 Å². The second-order valence-corrected chi connectivity index (χ2v) is 5.35. The number of nitrogens with two attached hydrogens (primary N) is 1. The van der Waals surface area contributed by atoms with Crippen molar-refractivity contribution in [2.24, 2.45) is 29.4 Å². The zero-order valence-corrected chi connectivity index (χ0v) is 11.3. The number of amides is 1. The summed E-state index contributed by atoms with van der Waals surface area (Å²) in [5.41, 5.74) is 5.42. The molecule has 0 aromatic heterocycles. The summed E-state index contributed by atoms with van der Waals surface area (Å²) in [6.07, 6.45) is 3.43. The van der Waals surface area contributed by atoms with Crippen LogP contribution in [-0.4, -0.2) is 17.0 Å². The highest BCUT2D eigenvalue weighted by Gasteiger charge is 2.33. The van der Waals surface area contributed by atoms with Gasteiger partial charge in [-0.2, -0.15) is 0 Å². The highest BCUT2D eigenvalue weighted by atomic mass is 16.4. The highest BCUT2D eigenvalue weighted by Crippen LogP contribution is 2.37. The Hall–Kier alpha value is -1.06. The third-order valence-corrected chi connectivity index (χ3v) is 3.39. The summed E-state index contributed by atoms with van der Waals surface area (Å²) < 4.78 is 0. The van der Waals surface area contributed by atoms with Crippen molar-refractivity contribution in [3.63, 3.8) is 0 Å². The molecule has 0 bridgehead atoms. The number of aliphatic carboxylic acids is 1. The average molecular weight is 243 g/mol. The van der Waals surface area contributed by atoms with Crippen LogP contribution in [0.2, 0.25) is 0 Å². The van der Waals surface area contributed by atoms with Crippen LogP contribution in [0.3, 0.4) is 0 Å². The monoisotopic (exact) mass is 243 g/mol. The number of carboxylic acids is 1. The van der Waals surface area contributed by atoms with E-state index in [-0.39, 0.29) is 11.8 Å². The fourth-order valence-electron chi connectivity index (χ4n) is 2.53. The molecular weight excluding hydrogens is 218 g/mol. The van der Waals surface area contributed by atoms with E-state index < -0.39 is 5.97 Å². The predicted octanol–water partition coefficient (Wildman–Crippen LogP) is 2.27. The Morgan fingerprint density at radius 1 is 1.29 bits per heavy atom. The Labute approximate surface area is 104 Å². The molecule has 4 heteroatoms. The molecule has 3 N–H and O–H groups in total. The maximum atomic E-state index is 11.2. The SMILES string of the molecule is CC(=O)O.CC1CCC(C(C)C)C(C(N)=O)C1. The molecule has 100 valence electrons. The molecule has 0 aromatic carbocycles. The molecule has 1 aliphatic rings. The van der Waals surface area contributed by atoms with E-state index in [1.165, 1.54) is 12.8 Å². The van der Waals surface area contributed by atoms with E-state index >= 15 is 0 Å². The van der Waals surface area contributed by atoms with E-state index in [0.29, 0.717) is 17.8 Å². The van der Waals surface area contributed by atoms with Gasteiger partial charge in [-0.15, -0.1) is 0 Å². The first-order valence-corrected chi connectivity index (χ1v) is 6.24. The number of carboxylic acid groups (broad SMARTS) is 1. The van der Waals surface area contributed by atoms with Crippen molar-refractivity contribution >= 4 is 11.9 Å². The van der Waals surface area contributed by atoms with E-state index in [2.05, 4.69) is 20.8 Å². The summed E-state index contributed by atoms with van der Waals surface area (Å²) in [6, 6.07) is 0. The number of carbonyl (C=O) groups excluding carboxylic acids is 1. The van der Waals surface area contributed by atoms with E-state index in [0.717, 1.165) is 13.3 Å². The topological polar surface area (TPSA) is 80.4 Å². The van der Waals surface area contributed by atoms with Crippen LogP contribution in [0.5, 0.6) is 0 Å². The molecule has 17 heavy (non-hydrogen) atoms. The van der Waals surface area contributed by atoms with Crippen molar-refractivity contribution in [2.45, 2.75) is 47.0 Å². The molecule has 0 aliphatic heterocycles.